The summed E-state index contributed by atoms with van der Waals surface area (Å²) in [6.45, 7) is 4.84. The first-order valence-corrected chi connectivity index (χ1v) is 8.58. The second-order valence-corrected chi connectivity index (χ2v) is 7.21. The predicted molar refractivity (Wildman–Crippen MR) is 89.2 cm³/mol. The average molecular weight is 297 g/mol. The summed E-state index contributed by atoms with van der Waals surface area (Å²) in [6.07, 6.45) is 9.23. The smallest absolute Gasteiger partial charge is 0.222 e. The first-order valence-electron chi connectivity index (χ1n) is 8.58. The van der Waals surface area contributed by atoms with Gasteiger partial charge in [-0.15, -0.1) is 0 Å². The highest BCUT2D eigenvalue weighted by Crippen LogP contribution is 2.31. The molecule has 124 valence electrons. The van der Waals surface area contributed by atoms with E-state index in [4.69, 9.17) is 5.73 Å². The van der Waals surface area contributed by atoms with Gasteiger partial charge in [0.2, 0.25) is 5.91 Å². The van der Waals surface area contributed by atoms with Gasteiger partial charge >= 0.3 is 0 Å². The maximum Gasteiger partial charge on any atom is 0.222 e. The number of nitrogens with two attached hydrogens (primary N) is 1. The third-order valence-electron chi connectivity index (χ3n) is 5.07. The second-order valence-electron chi connectivity index (χ2n) is 7.21. The molecule has 0 spiro atoms. The summed E-state index contributed by atoms with van der Waals surface area (Å²) in [5.41, 5.74) is 5.92. The highest BCUT2D eigenvalue weighted by atomic mass is 16.1. The summed E-state index contributed by atoms with van der Waals surface area (Å²) in [5.74, 6) is 0.290. The van der Waals surface area contributed by atoms with E-state index in [2.05, 4.69) is 24.3 Å². The van der Waals surface area contributed by atoms with E-state index in [-0.39, 0.29) is 23.4 Å². The Bertz CT molecular complexity index is 309. The van der Waals surface area contributed by atoms with Crippen molar-refractivity contribution in [2.24, 2.45) is 11.7 Å². The summed E-state index contributed by atoms with van der Waals surface area (Å²) >= 11 is 0. The van der Waals surface area contributed by atoms with Crippen molar-refractivity contribution in [1.82, 2.24) is 10.2 Å². The molecule has 0 saturated heterocycles. The molecule has 2 unspecified atom stereocenters. The standard InChI is InChI=1S/C17H35N3O/c1-14(9-8-10-15(2)18)16(21)19-13-17(20(3)4)11-6-5-7-12-17/h14-15H,5-13,18H2,1-4H3,(H,19,21). The van der Waals surface area contributed by atoms with Crippen LogP contribution in [-0.2, 0) is 4.79 Å². The zero-order chi connectivity index (χ0) is 15.9. The van der Waals surface area contributed by atoms with Crippen molar-refractivity contribution < 1.29 is 4.79 Å². The predicted octanol–water partition coefficient (Wildman–Crippen LogP) is 2.52. The lowest BCUT2D eigenvalue weighted by atomic mass is 9.80. The van der Waals surface area contributed by atoms with Gasteiger partial charge in [-0.05, 0) is 46.7 Å². The quantitative estimate of drug-likeness (QED) is 0.724. The molecule has 0 aromatic heterocycles. The minimum atomic E-state index is 0.0894. The number of hydrogen-bond acceptors (Lipinski definition) is 3. The lowest BCUT2D eigenvalue weighted by Gasteiger charge is -2.43. The Morgan fingerprint density at radius 1 is 1.19 bits per heavy atom. The number of amides is 1. The van der Waals surface area contributed by atoms with Crippen molar-refractivity contribution in [2.75, 3.05) is 20.6 Å². The van der Waals surface area contributed by atoms with Crippen LogP contribution in [0.25, 0.3) is 0 Å². The second kappa shape index (κ2) is 8.74. The summed E-state index contributed by atoms with van der Waals surface area (Å²) in [4.78, 5) is 14.6. The summed E-state index contributed by atoms with van der Waals surface area (Å²) < 4.78 is 0. The Morgan fingerprint density at radius 2 is 1.81 bits per heavy atom. The SMILES string of the molecule is CC(N)CCCC(C)C(=O)NCC1(N(C)C)CCCCC1. The monoisotopic (exact) mass is 297 g/mol. The van der Waals surface area contributed by atoms with E-state index in [0.29, 0.717) is 0 Å². The van der Waals surface area contributed by atoms with E-state index < -0.39 is 0 Å². The van der Waals surface area contributed by atoms with E-state index in [1.807, 2.05) is 13.8 Å². The zero-order valence-electron chi connectivity index (χ0n) is 14.5. The van der Waals surface area contributed by atoms with Crippen molar-refractivity contribution in [1.29, 1.82) is 0 Å². The molecule has 0 aromatic carbocycles. The van der Waals surface area contributed by atoms with E-state index in [9.17, 15) is 4.79 Å². The minimum absolute atomic E-state index is 0.0894. The number of carbonyl (C=O) groups excluding carboxylic acids is 1. The highest BCUT2D eigenvalue weighted by molar-refractivity contribution is 5.78. The first-order chi connectivity index (χ1) is 9.87. The van der Waals surface area contributed by atoms with E-state index in [0.717, 1.165) is 25.8 Å². The van der Waals surface area contributed by atoms with Crippen LogP contribution in [0.15, 0.2) is 0 Å². The molecule has 1 rings (SSSR count). The number of carbonyl (C=O) groups is 1. The van der Waals surface area contributed by atoms with Gasteiger partial charge in [-0.25, -0.2) is 0 Å². The fourth-order valence-corrected chi connectivity index (χ4v) is 3.29. The van der Waals surface area contributed by atoms with Gasteiger partial charge in [0.25, 0.3) is 0 Å². The van der Waals surface area contributed by atoms with E-state index in [1.54, 1.807) is 0 Å². The Hall–Kier alpha value is -0.610. The molecule has 0 heterocycles. The molecule has 1 fully saturated rings. The van der Waals surface area contributed by atoms with Crippen molar-refractivity contribution in [3.8, 4) is 0 Å². The Balaban J connectivity index is 2.39. The molecule has 4 nitrogen and oxygen atoms in total. The molecule has 2 atom stereocenters. The third-order valence-corrected chi connectivity index (χ3v) is 5.07. The molecule has 0 aliphatic heterocycles. The van der Waals surface area contributed by atoms with Crippen LogP contribution < -0.4 is 11.1 Å². The molecule has 1 aliphatic carbocycles. The summed E-state index contributed by atoms with van der Waals surface area (Å²) in [7, 11) is 4.28. The lowest BCUT2D eigenvalue weighted by molar-refractivity contribution is -0.125. The van der Waals surface area contributed by atoms with Gasteiger partial charge in [0.15, 0.2) is 0 Å². The van der Waals surface area contributed by atoms with Crippen molar-refractivity contribution in [3.05, 3.63) is 0 Å². The van der Waals surface area contributed by atoms with Crippen LogP contribution in [0.3, 0.4) is 0 Å². The number of nitrogens with zero attached hydrogens (tertiary/aromatic N) is 1. The molecule has 1 saturated carbocycles. The van der Waals surface area contributed by atoms with Crippen LogP contribution in [0.4, 0.5) is 0 Å². The molecule has 1 amide bonds. The van der Waals surface area contributed by atoms with Gasteiger partial charge in [0.05, 0.1) is 0 Å². The third kappa shape index (κ3) is 5.95. The maximum atomic E-state index is 12.3. The van der Waals surface area contributed by atoms with Crippen LogP contribution in [0.1, 0.15) is 65.2 Å². The van der Waals surface area contributed by atoms with Gasteiger partial charge in [0, 0.05) is 24.0 Å². The fraction of sp³-hybridized carbons (Fsp3) is 0.941. The van der Waals surface area contributed by atoms with Gasteiger partial charge in [0.1, 0.15) is 0 Å². The van der Waals surface area contributed by atoms with Crippen LogP contribution in [0.2, 0.25) is 0 Å². The highest BCUT2D eigenvalue weighted by Gasteiger charge is 2.34. The van der Waals surface area contributed by atoms with Crippen LogP contribution in [0, 0.1) is 5.92 Å². The van der Waals surface area contributed by atoms with Crippen molar-refractivity contribution in [2.45, 2.75) is 76.8 Å². The molecule has 3 N–H and O–H groups in total. The Kier molecular flexibility index (Phi) is 7.67. The molecule has 0 radical (unpaired) electrons. The molecule has 0 aromatic rings. The van der Waals surface area contributed by atoms with Crippen LogP contribution >= 0.6 is 0 Å². The molecular weight excluding hydrogens is 262 g/mol. The molecular formula is C17H35N3O. The van der Waals surface area contributed by atoms with Gasteiger partial charge in [-0.2, -0.15) is 0 Å². The van der Waals surface area contributed by atoms with E-state index >= 15 is 0 Å². The van der Waals surface area contributed by atoms with Crippen LogP contribution in [-0.4, -0.2) is 43.0 Å². The van der Waals surface area contributed by atoms with Gasteiger partial charge < -0.3 is 16.0 Å². The lowest BCUT2D eigenvalue weighted by Crippen LogP contribution is -2.54. The zero-order valence-corrected chi connectivity index (χ0v) is 14.5. The Labute approximate surface area is 130 Å². The number of nitrogens with one attached hydrogen (secondary N) is 1. The average Bonchev–Trinajstić information content (AvgIpc) is 2.45. The van der Waals surface area contributed by atoms with Crippen molar-refractivity contribution >= 4 is 5.91 Å². The van der Waals surface area contributed by atoms with Gasteiger partial charge in [-0.1, -0.05) is 32.6 Å². The first kappa shape index (κ1) is 18.4. The van der Waals surface area contributed by atoms with Crippen molar-refractivity contribution in [3.63, 3.8) is 0 Å². The number of hydrogen-bond donors (Lipinski definition) is 2. The number of rotatable bonds is 8. The molecule has 1 aliphatic rings. The normalized spacial score (nSPS) is 21.0. The summed E-state index contributed by atoms with van der Waals surface area (Å²) in [5, 5.41) is 3.20. The largest absolute Gasteiger partial charge is 0.354 e. The van der Waals surface area contributed by atoms with Crippen LogP contribution in [0.5, 0.6) is 0 Å². The Morgan fingerprint density at radius 3 is 2.33 bits per heavy atom. The number of likely N-dealkylation sites (N-methyl/N-ethyl adjacent to an activating group) is 1. The fourth-order valence-electron chi connectivity index (χ4n) is 3.29. The van der Waals surface area contributed by atoms with E-state index in [1.165, 1.54) is 32.1 Å². The summed E-state index contributed by atoms with van der Waals surface area (Å²) in [6, 6.07) is 0.236. The molecule has 21 heavy (non-hydrogen) atoms. The molecule has 0 bridgehead atoms. The minimum Gasteiger partial charge on any atom is -0.354 e. The van der Waals surface area contributed by atoms with Gasteiger partial charge in [-0.3, -0.25) is 4.79 Å². The molecule has 4 heteroatoms. The topological polar surface area (TPSA) is 58.4 Å². The maximum absolute atomic E-state index is 12.3.